The molecule has 1 unspecified atom stereocenters. The summed E-state index contributed by atoms with van der Waals surface area (Å²) >= 11 is 2.42. The molecule has 1 atom stereocenters. The summed E-state index contributed by atoms with van der Waals surface area (Å²) in [5.74, 6) is 0.383. The van der Waals surface area contributed by atoms with Gasteiger partial charge in [-0.1, -0.05) is 72.0 Å². The average molecular weight is 400 g/mol. The summed E-state index contributed by atoms with van der Waals surface area (Å²) < 4.78 is 12.2. The van der Waals surface area contributed by atoms with E-state index in [1.807, 2.05) is 24.5 Å². The second-order valence-corrected chi connectivity index (χ2v) is 5.92. The highest BCUT2D eigenvalue weighted by atomic mass is 127. The van der Waals surface area contributed by atoms with Crippen LogP contribution in [-0.4, -0.2) is 18.1 Å². The molecule has 0 radical (unpaired) electrons. The van der Waals surface area contributed by atoms with E-state index in [1.165, 1.54) is 11.1 Å². The van der Waals surface area contributed by atoms with Gasteiger partial charge in [0.15, 0.2) is 0 Å². The number of benzene rings is 1. The summed E-state index contributed by atoms with van der Waals surface area (Å²) in [6.07, 6.45) is 8.30. The van der Waals surface area contributed by atoms with Crippen LogP contribution in [0, 0.1) is 5.92 Å². The minimum absolute atomic E-state index is 0.383. The van der Waals surface area contributed by atoms with Crippen molar-refractivity contribution in [2.45, 2.75) is 26.4 Å². The molecule has 0 aliphatic rings. The summed E-state index contributed by atoms with van der Waals surface area (Å²) in [4.78, 5) is 0. The predicted molar refractivity (Wildman–Crippen MR) is 97.6 cm³/mol. The predicted octanol–water partition coefficient (Wildman–Crippen LogP) is 5.14. The van der Waals surface area contributed by atoms with Gasteiger partial charge in [-0.3, -0.25) is 0 Å². The third-order valence-electron chi connectivity index (χ3n) is 3.16. The lowest BCUT2D eigenvalue weighted by Gasteiger charge is -2.17. The highest BCUT2D eigenvalue weighted by Gasteiger charge is 2.13. The maximum atomic E-state index is 5.91. The van der Waals surface area contributed by atoms with Crippen LogP contribution in [-0.2, 0) is 16.1 Å². The van der Waals surface area contributed by atoms with Gasteiger partial charge in [0.05, 0.1) is 26.6 Å². The number of halogens is 1. The van der Waals surface area contributed by atoms with Gasteiger partial charge in [0, 0.05) is 10.3 Å². The Morgan fingerprint density at radius 2 is 2.05 bits per heavy atom. The van der Waals surface area contributed by atoms with Crippen molar-refractivity contribution in [2.24, 2.45) is 5.92 Å². The van der Waals surface area contributed by atoms with E-state index >= 15 is 0 Å². The van der Waals surface area contributed by atoms with Crippen LogP contribution < -0.4 is 0 Å². The maximum absolute atomic E-state index is 5.91. The monoisotopic (exact) mass is 400 g/mol. The van der Waals surface area contributed by atoms with Crippen LogP contribution in [0.5, 0.6) is 0 Å². The number of rotatable bonds is 10. The molecule has 3 heteroatoms. The lowest BCUT2D eigenvalue weighted by molar-refractivity contribution is 0.0959. The summed E-state index contributed by atoms with van der Waals surface area (Å²) in [6.45, 7) is 3.53. The fourth-order valence-electron chi connectivity index (χ4n) is 2.03. The first-order chi connectivity index (χ1) is 10.3. The number of hydrogen-bond donors (Lipinski definition) is 0. The molecule has 0 saturated carbocycles. The Hall–Kier alpha value is -0.810. The van der Waals surface area contributed by atoms with E-state index in [-0.39, 0.29) is 0 Å². The van der Waals surface area contributed by atoms with Crippen LogP contribution in [0.1, 0.15) is 25.3 Å². The van der Waals surface area contributed by atoms with Crippen LogP contribution in [0.4, 0.5) is 0 Å². The van der Waals surface area contributed by atoms with Crippen molar-refractivity contribution in [2.75, 3.05) is 18.1 Å². The van der Waals surface area contributed by atoms with E-state index in [2.05, 4.69) is 53.8 Å². The van der Waals surface area contributed by atoms with Crippen molar-refractivity contribution in [1.29, 1.82) is 0 Å². The lowest BCUT2D eigenvalue weighted by Crippen LogP contribution is -2.13. The Balaban J connectivity index is 2.58. The van der Waals surface area contributed by atoms with Crippen LogP contribution in [0.25, 0.3) is 0 Å². The summed E-state index contributed by atoms with van der Waals surface area (Å²) in [6, 6.07) is 10.3. The van der Waals surface area contributed by atoms with E-state index in [9.17, 15) is 0 Å². The van der Waals surface area contributed by atoms with Crippen molar-refractivity contribution in [3.05, 3.63) is 59.9 Å². The Morgan fingerprint density at radius 1 is 1.29 bits per heavy atom. The van der Waals surface area contributed by atoms with Crippen molar-refractivity contribution in [3.8, 4) is 0 Å². The molecule has 116 valence electrons. The van der Waals surface area contributed by atoms with E-state index in [0.717, 1.165) is 23.9 Å². The van der Waals surface area contributed by atoms with Crippen molar-refractivity contribution >= 4 is 22.6 Å². The molecule has 0 heterocycles. The normalized spacial score (nSPS) is 13.6. The highest BCUT2D eigenvalue weighted by molar-refractivity contribution is 14.1. The third kappa shape index (κ3) is 7.67. The fraction of sp³-hybridized carbons (Fsp3) is 0.444. The molecule has 0 amide bonds. The summed E-state index contributed by atoms with van der Waals surface area (Å²) in [7, 11) is 1.70. The molecule has 0 fully saturated rings. The second kappa shape index (κ2) is 11.8. The Kier molecular flexibility index (Phi) is 10.3. The van der Waals surface area contributed by atoms with Gasteiger partial charge in [-0.25, -0.2) is 0 Å². The van der Waals surface area contributed by atoms with Gasteiger partial charge in [0.2, 0.25) is 0 Å². The molecule has 1 aromatic rings. The molecular formula is C18H25IO2. The number of hydrogen-bond acceptors (Lipinski definition) is 2. The number of alkyl halides is 1. The summed E-state index contributed by atoms with van der Waals surface area (Å²) in [5, 5.41) is 0. The van der Waals surface area contributed by atoms with E-state index < -0.39 is 0 Å². The van der Waals surface area contributed by atoms with E-state index in [4.69, 9.17) is 9.47 Å². The highest BCUT2D eigenvalue weighted by Crippen LogP contribution is 2.20. The number of ether oxygens (including phenoxy) is 2. The molecule has 0 aliphatic heterocycles. The molecular weight excluding hydrogens is 375 g/mol. The Morgan fingerprint density at radius 3 is 2.67 bits per heavy atom. The zero-order chi connectivity index (χ0) is 15.3. The Bertz CT molecular complexity index is 426. The molecule has 0 aromatic heterocycles. The van der Waals surface area contributed by atoms with Crippen LogP contribution in [0.15, 0.2) is 54.3 Å². The average Bonchev–Trinajstić information content (AvgIpc) is 2.52. The molecule has 0 saturated heterocycles. The molecule has 2 nitrogen and oxygen atoms in total. The van der Waals surface area contributed by atoms with E-state index in [0.29, 0.717) is 12.5 Å². The van der Waals surface area contributed by atoms with Gasteiger partial charge in [-0.15, -0.1) is 0 Å². The van der Waals surface area contributed by atoms with Crippen molar-refractivity contribution < 1.29 is 9.47 Å². The third-order valence-corrected chi connectivity index (χ3v) is 3.78. The first-order valence-corrected chi connectivity index (χ1v) is 8.91. The maximum Gasteiger partial charge on any atom is 0.0860 e. The molecule has 0 aliphatic carbocycles. The van der Waals surface area contributed by atoms with Gasteiger partial charge < -0.3 is 9.47 Å². The van der Waals surface area contributed by atoms with Crippen LogP contribution in [0.2, 0.25) is 0 Å². The van der Waals surface area contributed by atoms with Crippen LogP contribution >= 0.6 is 22.6 Å². The van der Waals surface area contributed by atoms with Crippen molar-refractivity contribution in [3.63, 3.8) is 0 Å². The quantitative estimate of drug-likeness (QED) is 0.234. The molecule has 1 rings (SSSR count). The smallest absolute Gasteiger partial charge is 0.0860 e. The number of allylic oxidation sites excluding steroid dienone is 2. The largest absolute Gasteiger partial charge is 0.504 e. The van der Waals surface area contributed by atoms with Gasteiger partial charge in [-0.05, 0) is 24.0 Å². The molecule has 1 aromatic carbocycles. The molecule has 21 heavy (non-hydrogen) atoms. The SMILES string of the molecule is CC/C=C/C(=C/OC)C(CCI)COCc1ccccc1. The minimum atomic E-state index is 0.383. The number of methoxy groups -OCH3 is 1. The van der Waals surface area contributed by atoms with Crippen LogP contribution in [0.3, 0.4) is 0 Å². The standard InChI is InChI=1S/C18H25IO2/c1-3-4-10-17(14-20-2)18(11-12-19)15-21-13-16-8-6-5-7-9-16/h4-10,14,18H,3,11-13,15H2,1-2H3/b10-4+,17-14-. The van der Waals surface area contributed by atoms with Gasteiger partial charge in [-0.2, -0.15) is 0 Å². The fourth-order valence-corrected chi connectivity index (χ4v) is 2.78. The first kappa shape index (κ1) is 18.2. The van der Waals surface area contributed by atoms with Gasteiger partial charge >= 0.3 is 0 Å². The zero-order valence-electron chi connectivity index (χ0n) is 12.9. The minimum Gasteiger partial charge on any atom is -0.504 e. The lowest BCUT2D eigenvalue weighted by atomic mass is 9.97. The summed E-state index contributed by atoms with van der Waals surface area (Å²) in [5.41, 5.74) is 2.43. The van der Waals surface area contributed by atoms with E-state index in [1.54, 1.807) is 7.11 Å². The molecule has 0 bridgehead atoms. The first-order valence-electron chi connectivity index (χ1n) is 7.38. The topological polar surface area (TPSA) is 18.5 Å². The Labute approximate surface area is 142 Å². The van der Waals surface area contributed by atoms with Gasteiger partial charge in [0.1, 0.15) is 0 Å². The molecule has 0 N–H and O–H groups in total. The second-order valence-electron chi connectivity index (χ2n) is 4.84. The van der Waals surface area contributed by atoms with Gasteiger partial charge in [0.25, 0.3) is 0 Å². The zero-order valence-corrected chi connectivity index (χ0v) is 15.1. The van der Waals surface area contributed by atoms with Crippen molar-refractivity contribution in [1.82, 2.24) is 0 Å². The molecule has 0 spiro atoms.